The summed E-state index contributed by atoms with van der Waals surface area (Å²) in [7, 11) is 1.66. The van der Waals surface area contributed by atoms with E-state index in [1.54, 1.807) is 32.2 Å². The monoisotopic (exact) mass is 437 g/mol. The standard InChI is InChI=1S/C20H21BrClNO3/c1-13(26-19-8-5-16(22)11-18(19)21)20(24)23-10-9-15(12-23)14-3-6-17(25-2)7-4-14/h3-8,11,13,15H,9-10,12H2,1-2H3. The number of benzene rings is 2. The SMILES string of the molecule is COc1ccc(C2CCN(C(=O)C(C)Oc3ccc(Cl)cc3Br)C2)cc1. The Morgan fingerprint density at radius 3 is 2.65 bits per heavy atom. The Morgan fingerprint density at radius 2 is 2.00 bits per heavy atom. The molecule has 1 aliphatic rings. The maximum atomic E-state index is 12.7. The fourth-order valence-corrected chi connectivity index (χ4v) is 3.95. The van der Waals surface area contributed by atoms with Gasteiger partial charge in [-0.2, -0.15) is 0 Å². The molecule has 26 heavy (non-hydrogen) atoms. The Kier molecular flexibility index (Phi) is 6.09. The first-order chi connectivity index (χ1) is 12.5. The van der Waals surface area contributed by atoms with Crippen LogP contribution in [-0.4, -0.2) is 37.1 Å². The van der Waals surface area contributed by atoms with Crippen LogP contribution in [-0.2, 0) is 4.79 Å². The van der Waals surface area contributed by atoms with Crippen LogP contribution in [0.5, 0.6) is 11.5 Å². The molecular weight excluding hydrogens is 418 g/mol. The number of likely N-dealkylation sites (tertiary alicyclic amines) is 1. The van der Waals surface area contributed by atoms with Crippen molar-refractivity contribution in [2.75, 3.05) is 20.2 Å². The van der Waals surface area contributed by atoms with Gasteiger partial charge in [-0.15, -0.1) is 0 Å². The summed E-state index contributed by atoms with van der Waals surface area (Å²) in [5.74, 6) is 1.80. The molecule has 1 saturated heterocycles. The molecule has 1 fully saturated rings. The summed E-state index contributed by atoms with van der Waals surface area (Å²) in [6, 6.07) is 13.3. The highest BCUT2D eigenvalue weighted by Gasteiger charge is 2.30. The molecule has 2 aromatic carbocycles. The molecule has 1 amide bonds. The van der Waals surface area contributed by atoms with Gasteiger partial charge in [0.15, 0.2) is 6.10 Å². The molecule has 1 aliphatic heterocycles. The number of hydrogen-bond donors (Lipinski definition) is 0. The third-order valence-corrected chi connectivity index (χ3v) is 5.49. The quantitative estimate of drug-likeness (QED) is 0.667. The van der Waals surface area contributed by atoms with Crippen molar-refractivity contribution in [2.45, 2.75) is 25.4 Å². The summed E-state index contributed by atoms with van der Waals surface area (Å²) < 4.78 is 11.8. The molecule has 0 aliphatic carbocycles. The minimum atomic E-state index is -0.554. The highest BCUT2D eigenvalue weighted by Crippen LogP contribution is 2.31. The molecule has 3 rings (SSSR count). The average Bonchev–Trinajstić information content (AvgIpc) is 3.13. The predicted molar refractivity (Wildman–Crippen MR) is 106 cm³/mol. The van der Waals surface area contributed by atoms with Crippen molar-refractivity contribution in [3.05, 3.63) is 57.5 Å². The van der Waals surface area contributed by atoms with Crippen LogP contribution in [0.15, 0.2) is 46.9 Å². The van der Waals surface area contributed by atoms with Gasteiger partial charge in [0.25, 0.3) is 5.91 Å². The summed E-state index contributed by atoms with van der Waals surface area (Å²) in [5, 5.41) is 0.616. The minimum Gasteiger partial charge on any atom is -0.497 e. The number of hydrogen-bond acceptors (Lipinski definition) is 3. The highest BCUT2D eigenvalue weighted by molar-refractivity contribution is 9.10. The molecule has 2 atom stereocenters. The lowest BCUT2D eigenvalue weighted by molar-refractivity contribution is -0.136. The van der Waals surface area contributed by atoms with Crippen molar-refractivity contribution >= 4 is 33.4 Å². The van der Waals surface area contributed by atoms with Gasteiger partial charge < -0.3 is 14.4 Å². The van der Waals surface area contributed by atoms with Crippen LogP contribution in [0.4, 0.5) is 0 Å². The van der Waals surface area contributed by atoms with Crippen LogP contribution >= 0.6 is 27.5 Å². The molecule has 1 heterocycles. The van der Waals surface area contributed by atoms with E-state index < -0.39 is 6.10 Å². The van der Waals surface area contributed by atoms with Crippen LogP contribution in [0, 0.1) is 0 Å². The van der Waals surface area contributed by atoms with Crippen molar-refractivity contribution in [1.82, 2.24) is 4.90 Å². The lowest BCUT2D eigenvalue weighted by Gasteiger charge is -2.22. The van der Waals surface area contributed by atoms with Gasteiger partial charge in [-0.05, 0) is 65.2 Å². The van der Waals surface area contributed by atoms with Gasteiger partial charge in [-0.25, -0.2) is 0 Å². The molecule has 138 valence electrons. The molecule has 0 saturated carbocycles. The van der Waals surface area contributed by atoms with Crippen LogP contribution in [0.2, 0.25) is 5.02 Å². The molecule has 0 spiro atoms. The van der Waals surface area contributed by atoms with Gasteiger partial charge in [-0.1, -0.05) is 23.7 Å². The van der Waals surface area contributed by atoms with E-state index in [1.807, 2.05) is 17.0 Å². The molecule has 6 heteroatoms. The van der Waals surface area contributed by atoms with E-state index in [4.69, 9.17) is 21.1 Å². The van der Waals surface area contributed by atoms with Crippen molar-refractivity contribution in [3.8, 4) is 11.5 Å². The van der Waals surface area contributed by atoms with E-state index in [9.17, 15) is 4.79 Å². The first kappa shape index (κ1) is 19.1. The number of carbonyl (C=O) groups excluding carboxylic acids is 1. The van der Waals surface area contributed by atoms with Crippen LogP contribution in [0.25, 0.3) is 0 Å². The topological polar surface area (TPSA) is 38.8 Å². The minimum absolute atomic E-state index is 0.00265. The molecule has 0 bridgehead atoms. The van der Waals surface area contributed by atoms with Gasteiger partial charge >= 0.3 is 0 Å². The maximum absolute atomic E-state index is 12.7. The van der Waals surface area contributed by atoms with Gasteiger partial charge in [-0.3, -0.25) is 4.79 Å². The van der Waals surface area contributed by atoms with Crippen molar-refractivity contribution in [3.63, 3.8) is 0 Å². The van der Waals surface area contributed by atoms with E-state index in [2.05, 4.69) is 28.1 Å². The van der Waals surface area contributed by atoms with Crippen LogP contribution < -0.4 is 9.47 Å². The fourth-order valence-electron chi connectivity index (χ4n) is 3.18. The zero-order valence-electron chi connectivity index (χ0n) is 14.7. The molecule has 4 nitrogen and oxygen atoms in total. The van der Waals surface area contributed by atoms with Crippen LogP contribution in [0.3, 0.4) is 0 Å². The maximum Gasteiger partial charge on any atom is 0.263 e. The Hall–Kier alpha value is -1.72. The summed E-state index contributed by atoms with van der Waals surface area (Å²) in [4.78, 5) is 14.6. The molecule has 0 radical (unpaired) electrons. The Labute approximate surface area is 167 Å². The number of methoxy groups -OCH3 is 1. The zero-order chi connectivity index (χ0) is 18.7. The number of amides is 1. The number of rotatable bonds is 5. The van der Waals surface area contributed by atoms with Gasteiger partial charge in [0, 0.05) is 24.0 Å². The van der Waals surface area contributed by atoms with E-state index >= 15 is 0 Å². The second-order valence-electron chi connectivity index (χ2n) is 6.38. The second-order valence-corrected chi connectivity index (χ2v) is 7.67. The van der Waals surface area contributed by atoms with Crippen molar-refractivity contribution in [2.24, 2.45) is 0 Å². The van der Waals surface area contributed by atoms with Crippen molar-refractivity contribution in [1.29, 1.82) is 0 Å². The largest absolute Gasteiger partial charge is 0.497 e. The zero-order valence-corrected chi connectivity index (χ0v) is 17.1. The molecule has 2 aromatic rings. The number of nitrogens with zero attached hydrogens (tertiary/aromatic N) is 1. The lowest BCUT2D eigenvalue weighted by Crippen LogP contribution is -2.39. The summed E-state index contributed by atoms with van der Waals surface area (Å²) in [6.45, 7) is 3.23. The summed E-state index contributed by atoms with van der Waals surface area (Å²) >= 11 is 9.36. The third kappa shape index (κ3) is 4.33. The lowest BCUT2D eigenvalue weighted by atomic mass is 9.98. The second kappa shape index (κ2) is 8.31. The van der Waals surface area contributed by atoms with Crippen LogP contribution in [0.1, 0.15) is 24.8 Å². The Bertz CT molecular complexity index is 781. The molecule has 0 aromatic heterocycles. The molecule has 0 N–H and O–H groups in total. The van der Waals surface area contributed by atoms with E-state index in [1.165, 1.54) is 5.56 Å². The van der Waals surface area contributed by atoms with E-state index in [0.29, 0.717) is 23.2 Å². The summed E-state index contributed by atoms with van der Waals surface area (Å²) in [5.41, 5.74) is 1.23. The predicted octanol–water partition coefficient (Wildman–Crippen LogP) is 4.89. The highest BCUT2D eigenvalue weighted by atomic mass is 79.9. The Balaban J connectivity index is 1.61. The number of carbonyl (C=O) groups is 1. The normalized spacial score (nSPS) is 17.8. The van der Waals surface area contributed by atoms with Crippen molar-refractivity contribution < 1.29 is 14.3 Å². The third-order valence-electron chi connectivity index (χ3n) is 4.63. The first-order valence-electron chi connectivity index (χ1n) is 8.52. The van der Waals surface area contributed by atoms with Gasteiger partial charge in [0.2, 0.25) is 0 Å². The smallest absolute Gasteiger partial charge is 0.263 e. The number of halogens is 2. The number of ether oxygens (including phenoxy) is 2. The summed E-state index contributed by atoms with van der Waals surface area (Å²) in [6.07, 6.45) is 0.400. The van der Waals surface area contributed by atoms with E-state index in [0.717, 1.165) is 23.2 Å². The van der Waals surface area contributed by atoms with Gasteiger partial charge in [0.05, 0.1) is 11.6 Å². The fraction of sp³-hybridized carbons (Fsp3) is 0.350. The first-order valence-corrected chi connectivity index (χ1v) is 9.69. The average molecular weight is 439 g/mol. The molecular formula is C20H21BrClNO3. The van der Waals surface area contributed by atoms with Gasteiger partial charge in [0.1, 0.15) is 11.5 Å². The Morgan fingerprint density at radius 1 is 1.27 bits per heavy atom. The molecule has 2 unspecified atom stereocenters. The van der Waals surface area contributed by atoms with E-state index in [-0.39, 0.29) is 5.91 Å².